The number of benzene rings is 1. The highest BCUT2D eigenvalue weighted by molar-refractivity contribution is 5.82. The van der Waals surface area contributed by atoms with Gasteiger partial charge in [-0.3, -0.25) is 0 Å². The average molecular weight is 507 g/mol. The molecule has 8 nitrogen and oxygen atoms in total. The van der Waals surface area contributed by atoms with Crippen LogP contribution in [-0.2, 0) is 0 Å². The van der Waals surface area contributed by atoms with E-state index in [1.54, 1.807) is 0 Å². The van der Waals surface area contributed by atoms with Crippen LogP contribution in [0.5, 0.6) is 0 Å². The van der Waals surface area contributed by atoms with Crippen molar-refractivity contribution in [3.8, 4) is 11.3 Å². The SMILES string of the molecule is CC1CC(c2ncc3[nH]c(-c4ccc(C5CC(c6ncc7[nH]ccc7n6)CC(C)N5)cc4)cc3n2)CCN1. The summed E-state index contributed by atoms with van der Waals surface area (Å²) >= 11 is 0. The number of piperidine rings is 2. The molecule has 4 aromatic heterocycles. The van der Waals surface area contributed by atoms with E-state index >= 15 is 0 Å². The van der Waals surface area contributed by atoms with Crippen LogP contribution in [0.3, 0.4) is 0 Å². The van der Waals surface area contributed by atoms with Gasteiger partial charge in [-0.05, 0) is 69.3 Å². The number of aromatic amines is 2. The molecule has 1 aromatic carbocycles. The van der Waals surface area contributed by atoms with Crippen LogP contribution in [0.25, 0.3) is 33.3 Å². The Kier molecular flexibility index (Phi) is 5.93. The normalized spacial score (nSPS) is 26.2. The molecule has 2 aliphatic heterocycles. The van der Waals surface area contributed by atoms with Gasteiger partial charge >= 0.3 is 0 Å². The van der Waals surface area contributed by atoms with Crippen LogP contribution in [0.15, 0.2) is 55.0 Å². The van der Waals surface area contributed by atoms with Crippen LogP contribution < -0.4 is 10.6 Å². The highest BCUT2D eigenvalue weighted by Crippen LogP contribution is 2.36. The maximum Gasteiger partial charge on any atom is 0.132 e. The van der Waals surface area contributed by atoms with Gasteiger partial charge in [0.05, 0.1) is 34.5 Å². The van der Waals surface area contributed by atoms with Crippen LogP contribution in [0.2, 0.25) is 0 Å². The topological polar surface area (TPSA) is 107 Å². The second-order valence-corrected chi connectivity index (χ2v) is 11.2. The number of hydrogen-bond donors (Lipinski definition) is 4. The van der Waals surface area contributed by atoms with Gasteiger partial charge in [0.25, 0.3) is 0 Å². The van der Waals surface area contributed by atoms with Crippen LogP contribution in [-0.4, -0.2) is 48.5 Å². The highest BCUT2D eigenvalue weighted by atomic mass is 15.0. The fourth-order valence-electron chi connectivity index (χ4n) is 6.33. The van der Waals surface area contributed by atoms with Crippen molar-refractivity contribution in [3.63, 3.8) is 0 Å². The first-order chi connectivity index (χ1) is 18.6. The molecule has 2 fully saturated rings. The number of hydrogen-bond acceptors (Lipinski definition) is 6. The van der Waals surface area contributed by atoms with Crippen molar-refractivity contribution in [2.45, 2.75) is 69.5 Å². The molecule has 0 aliphatic carbocycles. The molecular weight excluding hydrogens is 472 g/mol. The van der Waals surface area contributed by atoms with Crippen molar-refractivity contribution in [1.82, 2.24) is 40.5 Å². The van der Waals surface area contributed by atoms with E-state index in [2.05, 4.69) is 64.8 Å². The summed E-state index contributed by atoms with van der Waals surface area (Å²) in [6.07, 6.45) is 9.99. The molecule has 38 heavy (non-hydrogen) atoms. The van der Waals surface area contributed by atoms with Crippen molar-refractivity contribution in [2.24, 2.45) is 0 Å². The van der Waals surface area contributed by atoms with Crippen molar-refractivity contribution in [1.29, 1.82) is 0 Å². The second-order valence-electron chi connectivity index (χ2n) is 11.2. The van der Waals surface area contributed by atoms with Gasteiger partial charge in [0.15, 0.2) is 0 Å². The van der Waals surface area contributed by atoms with Gasteiger partial charge in [-0.1, -0.05) is 24.3 Å². The lowest BCUT2D eigenvalue weighted by molar-refractivity contribution is 0.300. The fraction of sp³-hybridized carbons (Fsp3) is 0.400. The van der Waals surface area contributed by atoms with E-state index in [1.165, 1.54) is 5.56 Å². The third-order valence-electron chi connectivity index (χ3n) is 8.33. The first kappa shape index (κ1) is 23.5. The number of fused-ring (bicyclic) bond motifs is 2. The zero-order valence-electron chi connectivity index (χ0n) is 21.9. The minimum absolute atomic E-state index is 0.270. The van der Waals surface area contributed by atoms with E-state index in [9.17, 15) is 0 Å². The zero-order chi connectivity index (χ0) is 25.6. The number of H-pyrrole nitrogens is 2. The Morgan fingerprint density at radius 1 is 0.789 bits per heavy atom. The molecule has 5 unspecified atom stereocenters. The van der Waals surface area contributed by atoms with Crippen molar-refractivity contribution in [3.05, 3.63) is 72.2 Å². The molecule has 0 amide bonds. The Hall–Kier alpha value is -3.62. The molecule has 0 radical (unpaired) electrons. The average Bonchev–Trinajstić information content (AvgIpc) is 3.59. The molecule has 0 bridgehead atoms. The van der Waals surface area contributed by atoms with Crippen molar-refractivity contribution < 1.29 is 0 Å². The molecule has 8 heteroatoms. The first-order valence-corrected chi connectivity index (χ1v) is 13.8. The maximum absolute atomic E-state index is 4.94. The second kappa shape index (κ2) is 9.60. The molecule has 0 spiro atoms. The predicted molar refractivity (Wildman–Crippen MR) is 150 cm³/mol. The van der Waals surface area contributed by atoms with Crippen LogP contribution in [0.1, 0.15) is 74.6 Å². The molecule has 5 aromatic rings. The van der Waals surface area contributed by atoms with Gasteiger partial charge in [0.1, 0.15) is 11.6 Å². The smallest absolute Gasteiger partial charge is 0.132 e. The summed E-state index contributed by atoms with van der Waals surface area (Å²) in [6.45, 7) is 5.53. The Bertz CT molecular complexity index is 1570. The van der Waals surface area contributed by atoms with Gasteiger partial charge in [-0.15, -0.1) is 0 Å². The van der Waals surface area contributed by atoms with E-state index in [-0.39, 0.29) is 6.04 Å². The molecule has 5 atom stereocenters. The standard InChI is InChI=1S/C30H34N8/c1-17-11-21(7-9-31-17)29-34-16-28-26(38-29)14-25(36-28)20-5-3-19(4-6-20)24-13-22(12-18(2)35-24)30-33-15-27-23(37-30)8-10-32-27/h3-6,8,10,14-18,21-22,24,31-32,35-36H,7,9,11-13H2,1-2H3. The Labute approximate surface area is 222 Å². The van der Waals surface area contributed by atoms with E-state index in [4.69, 9.17) is 19.9 Å². The lowest BCUT2D eigenvalue weighted by Gasteiger charge is -2.34. The first-order valence-electron chi connectivity index (χ1n) is 13.8. The minimum atomic E-state index is 0.270. The number of aromatic nitrogens is 6. The van der Waals surface area contributed by atoms with E-state index in [0.29, 0.717) is 23.9 Å². The summed E-state index contributed by atoms with van der Waals surface area (Å²) in [5.41, 5.74) is 7.49. The van der Waals surface area contributed by atoms with E-state index in [1.807, 2.05) is 24.7 Å². The summed E-state index contributed by atoms with van der Waals surface area (Å²) in [7, 11) is 0. The van der Waals surface area contributed by atoms with Gasteiger partial charge in [-0.2, -0.15) is 0 Å². The number of nitrogens with zero attached hydrogens (tertiary/aromatic N) is 4. The van der Waals surface area contributed by atoms with E-state index in [0.717, 1.165) is 77.2 Å². The lowest BCUT2D eigenvalue weighted by Crippen LogP contribution is -2.38. The van der Waals surface area contributed by atoms with Gasteiger partial charge in [0, 0.05) is 41.9 Å². The molecule has 194 valence electrons. The maximum atomic E-state index is 4.94. The number of rotatable bonds is 4. The van der Waals surface area contributed by atoms with Gasteiger partial charge in [-0.25, -0.2) is 19.9 Å². The lowest BCUT2D eigenvalue weighted by atomic mass is 9.84. The zero-order valence-corrected chi connectivity index (χ0v) is 21.9. The van der Waals surface area contributed by atoms with Crippen LogP contribution in [0.4, 0.5) is 0 Å². The largest absolute Gasteiger partial charge is 0.359 e. The quantitative estimate of drug-likeness (QED) is 0.262. The Morgan fingerprint density at radius 3 is 2.39 bits per heavy atom. The summed E-state index contributed by atoms with van der Waals surface area (Å²) in [4.78, 5) is 25.9. The Morgan fingerprint density at radius 2 is 1.55 bits per heavy atom. The van der Waals surface area contributed by atoms with Gasteiger partial charge < -0.3 is 20.6 Å². The Balaban J connectivity index is 1.10. The van der Waals surface area contributed by atoms with Crippen LogP contribution in [0, 0.1) is 0 Å². The van der Waals surface area contributed by atoms with Crippen molar-refractivity contribution in [2.75, 3.05) is 6.54 Å². The predicted octanol–water partition coefficient (Wildman–Crippen LogP) is 5.35. The summed E-state index contributed by atoms with van der Waals surface area (Å²) in [6, 6.07) is 14.3. The molecule has 2 aliphatic rings. The molecule has 0 saturated carbocycles. The highest BCUT2D eigenvalue weighted by Gasteiger charge is 2.30. The van der Waals surface area contributed by atoms with E-state index < -0.39 is 0 Å². The molecular formula is C30H34N8. The summed E-state index contributed by atoms with van der Waals surface area (Å²) in [5, 5.41) is 7.31. The number of nitrogens with one attached hydrogen (secondary N) is 4. The van der Waals surface area contributed by atoms with Crippen LogP contribution >= 0.6 is 0 Å². The van der Waals surface area contributed by atoms with Crippen molar-refractivity contribution >= 4 is 22.1 Å². The fourth-order valence-corrected chi connectivity index (χ4v) is 6.33. The minimum Gasteiger partial charge on any atom is -0.359 e. The molecule has 7 rings (SSSR count). The molecule has 4 N–H and O–H groups in total. The third kappa shape index (κ3) is 4.48. The van der Waals surface area contributed by atoms with Gasteiger partial charge in [0.2, 0.25) is 0 Å². The summed E-state index contributed by atoms with van der Waals surface area (Å²) < 4.78 is 0. The summed E-state index contributed by atoms with van der Waals surface area (Å²) in [5.74, 6) is 2.68. The third-order valence-corrected chi connectivity index (χ3v) is 8.33. The monoisotopic (exact) mass is 506 g/mol. The molecule has 6 heterocycles. The molecule has 2 saturated heterocycles.